The van der Waals surface area contributed by atoms with Gasteiger partial charge in [-0.3, -0.25) is 4.79 Å². The summed E-state index contributed by atoms with van der Waals surface area (Å²) in [7, 11) is 0. The summed E-state index contributed by atoms with van der Waals surface area (Å²) in [6, 6.07) is 7.57. The first-order valence-corrected chi connectivity index (χ1v) is 7.29. The molecule has 108 valence electrons. The molecule has 1 atom stereocenters. The molecule has 0 spiro atoms. The average molecular weight is 276 g/mol. The zero-order valence-corrected chi connectivity index (χ0v) is 11.5. The van der Waals surface area contributed by atoms with Crippen LogP contribution in [-0.4, -0.2) is 30.4 Å². The van der Waals surface area contributed by atoms with Gasteiger partial charge in [0.25, 0.3) is 0 Å². The minimum Gasteiger partial charge on any atom is -0.488 e. The molecule has 1 aliphatic heterocycles. The van der Waals surface area contributed by atoms with Crippen LogP contribution in [0.4, 0.5) is 0 Å². The summed E-state index contributed by atoms with van der Waals surface area (Å²) in [5, 5.41) is 9.49. The first kappa shape index (κ1) is 13.4. The van der Waals surface area contributed by atoms with E-state index in [1.54, 1.807) is 0 Å². The topological polar surface area (TPSA) is 55.8 Å². The van der Waals surface area contributed by atoms with Crippen LogP contribution in [0.15, 0.2) is 24.3 Å². The molecule has 20 heavy (non-hydrogen) atoms. The number of hydrogen-bond acceptors (Lipinski definition) is 3. The van der Waals surface area contributed by atoms with Crippen LogP contribution in [0.5, 0.6) is 5.75 Å². The molecule has 1 unspecified atom stereocenters. The van der Waals surface area contributed by atoms with Gasteiger partial charge in [-0.25, -0.2) is 0 Å². The molecule has 1 saturated heterocycles. The third kappa shape index (κ3) is 2.40. The van der Waals surface area contributed by atoms with Crippen molar-refractivity contribution in [3.63, 3.8) is 0 Å². The van der Waals surface area contributed by atoms with Crippen molar-refractivity contribution in [2.24, 2.45) is 0 Å². The van der Waals surface area contributed by atoms with Crippen LogP contribution in [-0.2, 0) is 14.9 Å². The molecule has 1 heterocycles. The highest BCUT2D eigenvalue weighted by atomic mass is 16.5. The Labute approximate surface area is 118 Å². The maximum atomic E-state index is 11.5. The van der Waals surface area contributed by atoms with Crippen LogP contribution in [0.2, 0.25) is 0 Å². The van der Waals surface area contributed by atoms with Gasteiger partial charge in [0.05, 0.1) is 12.0 Å². The van der Waals surface area contributed by atoms with Gasteiger partial charge in [-0.15, -0.1) is 0 Å². The number of ether oxygens (including phenoxy) is 2. The summed E-state index contributed by atoms with van der Waals surface area (Å²) in [6.45, 7) is 1.43. The van der Waals surface area contributed by atoms with Crippen LogP contribution in [0, 0.1) is 0 Å². The number of carbonyl (C=O) groups is 1. The lowest BCUT2D eigenvalue weighted by Crippen LogP contribution is -2.42. The summed E-state index contributed by atoms with van der Waals surface area (Å²) >= 11 is 0. The smallest absolute Gasteiger partial charge is 0.314 e. The van der Waals surface area contributed by atoms with Crippen LogP contribution >= 0.6 is 0 Å². The molecule has 0 aromatic heterocycles. The van der Waals surface area contributed by atoms with E-state index in [4.69, 9.17) is 9.47 Å². The number of aliphatic carboxylic acids is 1. The van der Waals surface area contributed by atoms with Gasteiger partial charge in [-0.2, -0.15) is 0 Å². The van der Waals surface area contributed by atoms with Gasteiger partial charge in [-0.1, -0.05) is 18.6 Å². The maximum absolute atomic E-state index is 11.5. The zero-order valence-electron chi connectivity index (χ0n) is 11.5. The second-order valence-corrected chi connectivity index (χ2v) is 5.73. The molecule has 1 N–H and O–H groups in total. The molecule has 1 aliphatic carbocycles. The molecule has 4 nitrogen and oxygen atoms in total. The van der Waals surface area contributed by atoms with Crippen LogP contribution in [0.3, 0.4) is 0 Å². The van der Waals surface area contributed by atoms with Crippen molar-refractivity contribution in [1.82, 2.24) is 0 Å². The van der Waals surface area contributed by atoms with Gasteiger partial charge >= 0.3 is 5.97 Å². The predicted molar refractivity (Wildman–Crippen MR) is 74.1 cm³/mol. The van der Waals surface area contributed by atoms with Gasteiger partial charge in [0, 0.05) is 6.61 Å². The lowest BCUT2D eigenvalue weighted by molar-refractivity contribution is -0.147. The van der Waals surface area contributed by atoms with E-state index in [9.17, 15) is 9.90 Å². The fourth-order valence-corrected chi connectivity index (χ4v) is 3.02. The quantitative estimate of drug-likeness (QED) is 0.918. The van der Waals surface area contributed by atoms with E-state index in [-0.39, 0.29) is 6.10 Å². The molecular weight excluding hydrogens is 256 g/mol. The van der Waals surface area contributed by atoms with E-state index < -0.39 is 11.4 Å². The van der Waals surface area contributed by atoms with Crippen LogP contribution < -0.4 is 4.74 Å². The molecule has 0 radical (unpaired) electrons. The van der Waals surface area contributed by atoms with E-state index in [1.165, 1.54) is 0 Å². The van der Waals surface area contributed by atoms with Gasteiger partial charge in [0.15, 0.2) is 0 Å². The second-order valence-electron chi connectivity index (χ2n) is 5.73. The molecule has 1 saturated carbocycles. The largest absolute Gasteiger partial charge is 0.488 e. The zero-order chi connectivity index (χ0) is 14.0. The SMILES string of the molecule is O=C(O)C1(c2cccc(OC3CCCOC3)c2)CCC1. The summed E-state index contributed by atoms with van der Waals surface area (Å²) in [5.41, 5.74) is 0.174. The van der Waals surface area contributed by atoms with Crippen molar-refractivity contribution >= 4 is 5.97 Å². The summed E-state index contributed by atoms with van der Waals surface area (Å²) in [4.78, 5) is 11.5. The molecular formula is C16H20O4. The van der Waals surface area contributed by atoms with Crippen molar-refractivity contribution in [3.8, 4) is 5.75 Å². The van der Waals surface area contributed by atoms with Crippen molar-refractivity contribution in [1.29, 1.82) is 0 Å². The van der Waals surface area contributed by atoms with Crippen LogP contribution in [0.25, 0.3) is 0 Å². The molecule has 4 heteroatoms. The monoisotopic (exact) mass is 276 g/mol. The Hall–Kier alpha value is -1.55. The van der Waals surface area contributed by atoms with Gasteiger partial charge < -0.3 is 14.6 Å². The van der Waals surface area contributed by atoms with E-state index in [0.29, 0.717) is 6.61 Å². The average Bonchev–Trinajstić information content (AvgIpc) is 2.38. The standard InChI is InChI=1S/C16H20O4/c17-15(18)16(7-3-8-16)12-4-1-5-13(10-12)20-14-6-2-9-19-11-14/h1,4-5,10,14H,2-3,6-9,11H2,(H,17,18). The molecule has 2 aliphatic rings. The lowest BCUT2D eigenvalue weighted by Gasteiger charge is -2.38. The van der Waals surface area contributed by atoms with E-state index >= 15 is 0 Å². The number of rotatable bonds is 4. The minimum atomic E-state index is -0.720. The third-order valence-corrected chi connectivity index (χ3v) is 4.42. The summed E-state index contributed by atoms with van der Waals surface area (Å²) in [5.74, 6) is 0.0347. The Morgan fingerprint density at radius 3 is 2.80 bits per heavy atom. The number of hydrogen-bond donors (Lipinski definition) is 1. The molecule has 1 aromatic rings. The fraction of sp³-hybridized carbons (Fsp3) is 0.562. The van der Waals surface area contributed by atoms with Crippen molar-refractivity contribution < 1.29 is 19.4 Å². The second kappa shape index (κ2) is 5.44. The van der Waals surface area contributed by atoms with Gasteiger partial charge in [-0.05, 0) is 43.4 Å². The summed E-state index contributed by atoms with van der Waals surface area (Å²) in [6.07, 6.45) is 4.52. The molecule has 0 bridgehead atoms. The molecule has 3 rings (SSSR count). The first-order chi connectivity index (χ1) is 9.71. The van der Waals surface area contributed by atoms with Crippen molar-refractivity contribution in [2.75, 3.05) is 13.2 Å². The van der Waals surface area contributed by atoms with Crippen LogP contribution in [0.1, 0.15) is 37.7 Å². The van der Waals surface area contributed by atoms with Crippen molar-refractivity contribution in [3.05, 3.63) is 29.8 Å². The number of carboxylic acid groups (broad SMARTS) is 1. The Morgan fingerprint density at radius 2 is 2.20 bits per heavy atom. The molecule has 0 amide bonds. The Balaban J connectivity index is 1.77. The molecule has 2 fully saturated rings. The fourth-order valence-electron chi connectivity index (χ4n) is 3.02. The Morgan fingerprint density at radius 1 is 1.35 bits per heavy atom. The number of benzene rings is 1. The highest BCUT2D eigenvalue weighted by Crippen LogP contribution is 2.44. The Bertz CT molecular complexity index is 487. The predicted octanol–water partition coefficient (Wildman–Crippen LogP) is 2.75. The van der Waals surface area contributed by atoms with E-state index in [2.05, 4.69) is 0 Å². The maximum Gasteiger partial charge on any atom is 0.314 e. The third-order valence-electron chi connectivity index (χ3n) is 4.42. The number of carboxylic acids is 1. The van der Waals surface area contributed by atoms with Gasteiger partial charge in [0.1, 0.15) is 11.9 Å². The normalized spacial score (nSPS) is 24.7. The first-order valence-electron chi connectivity index (χ1n) is 7.29. The Kier molecular flexibility index (Phi) is 3.66. The van der Waals surface area contributed by atoms with E-state index in [0.717, 1.165) is 50.0 Å². The lowest BCUT2D eigenvalue weighted by atomic mass is 9.64. The van der Waals surface area contributed by atoms with Gasteiger partial charge in [0.2, 0.25) is 0 Å². The minimum absolute atomic E-state index is 0.0844. The highest BCUT2D eigenvalue weighted by molar-refractivity contribution is 5.82. The van der Waals surface area contributed by atoms with Crippen molar-refractivity contribution in [2.45, 2.75) is 43.6 Å². The highest BCUT2D eigenvalue weighted by Gasteiger charge is 2.46. The molecule has 1 aromatic carbocycles. The van der Waals surface area contributed by atoms with E-state index in [1.807, 2.05) is 24.3 Å². The summed E-state index contributed by atoms with van der Waals surface area (Å²) < 4.78 is 11.3.